The van der Waals surface area contributed by atoms with Crippen LogP contribution in [0.4, 0.5) is 4.79 Å². The van der Waals surface area contributed by atoms with E-state index in [1.807, 2.05) is 63.2 Å². The van der Waals surface area contributed by atoms with Crippen LogP contribution in [0, 0.1) is 0 Å². The van der Waals surface area contributed by atoms with E-state index in [9.17, 15) is 4.79 Å². The Bertz CT molecular complexity index is 1000. The first-order valence-corrected chi connectivity index (χ1v) is 10.6. The second-order valence-corrected chi connectivity index (χ2v) is 9.10. The molecule has 2 aliphatic heterocycles. The number of hydrogen-bond donors (Lipinski definition) is 1. The molecule has 0 aliphatic carbocycles. The summed E-state index contributed by atoms with van der Waals surface area (Å²) in [7, 11) is 0. The maximum Gasteiger partial charge on any atom is 0.318 e. The van der Waals surface area contributed by atoms with Crippen LogP contribution in [0.1, 0.15) is 38.3 Å². The number of carbonyl (C=O) groups excluding carboxylic acids is 1. The molecule has 0 spiro atoms. The fourth-order valence-corrected chi connectivity index (χ4v) is 3.67. The van der Waals surface area contributed by atoms with Gasteiger partial charge in [-0.15, -0.1) is 0 Å². The molecular weight excluding hydrogens is 418 g/mol. The first-order valence-electron chi connectivity index (χ1n) is 10.2. The molecule has 8 heteroatoms. The Morgan fingerprint density at radius 2 is 1.97 bits per heavy atom. The van der Waals surface area contributed by atoms with Crippen molar-refractivity contribution in [3.63, 3.8) is 0 Å². The Kier molecular flexibility index (Phi) is 5.96. The number of hydrogen-bond acceptors (Lipinski definition) is 5. The van der Waals surface area contributed by atoms with Crippen LogP contribution in [0.2, 0.25) is 5.02 Å². The van der Waals surface area contributed by atoms with Crippen molar-refractivity contribution >= 4 is 23.3 Å². The monoisotopic (exact) mass is 443 g/mol. The lowest BCUT2D eigenvalue weighted by Gasteiger charge is -2.30. The second-order valence-electron chi connectivity index (χ2n) is 8.69. The number of halogens is 1. The summed E-state index contributed by atoms with van der Waals surface area (Å²) in [4.78, 5) is 20.4. The van der Waals surface area contributed by atoms with Crippen LogP contribution in [0.3, 0.4) is 0 Å². The summed E-state index contributed by atoms with van der Waals surface area (Å²) in [5.41, 5.74) is 2.25. The summed E-state index contributed by atoms with van der Waals surface area (Å²) in [6.45, 7) is 6.83. The third kappa shape index (κ3) is 5.22. The van der Waals surface area contributed by atoms with Gasteiger partial charge in [0.15, 0.2) is 17.6 Å². The lowest BCUT2D eigenvalue weighted by Crippen LogP contribution is -2.50. The zero-order valence-electron chi connectivity index (χ0n) is 17.9. The first kappa shape index (κ1) is 21.3. The van der Waals surface area contributed by atoms with Gasteiger partial charge < -0.3 is 24.5 Å². The Morgan fingerprint density at radius 1 is 1.19 bits per heavy atom. The van der Waals surface area contributed by atoms with E-state index in [1.54, 1.807) is 4.90 Å². The molecule has 0 saturated heterocycles. The molecule has 0 radical (unpaired) electrons. The van der Waals surface area contributed by atoms with Gasteiger partial charge in [-0.2, -0.15) is 0 Å². The number of benzene rings is 2. The van der Waals surface area contributed by atoms with Gasteiger partial charge in [0.25, 0.3) is 0 Å². The van der Waals surface area contributed by atoms with Gasteiger partial charge in [0.05, 0.1) is 12.3 Å². The molecular formula is C23H26ClN3O4. The number of amides is 2. The highest BCUT2D eigenvalue weighted by atomic mass is 35.5. The molecule has 0 aromatic heterocycles. The summed E-state index contributed by atoms with van der Waals surface area (Å²) < 4.78 is 10.8. The van der Waals surface area contributed by atoms with Gasteiger partial charge >= 0.3 is 6.03 Å². The third-order valence-corrected chi connectivity index (χ3v) is 5.32. The van der Waals surface area contributed by atoms with E-state index in [0.717, 1.165) is 22.6 Å². The highest BCUT2D eigenvalue weighted by molar-refractivity contribution is 6.31. The standard InChI is InChI=1S/C23H26ClN3O4/c1-23(2,3)25-22(28)27(12-16-6-4-5-7-18(16)24)13-17-11-19(26-31-17)15-8-9-20-21(10-15)30-14-29-20/h4-10,17H,11-14H2,1-3H3,(H,25,28). The predicted molar refractivity (Wildman–Crippen MR) is 119 cm³/mol. The van der Waals surface area contributed by atoms with E-state index >= 15 is 0 Å². The van der Waals surface area contributed by atoms with Crippen molar-refractivity contribution in [1.82, 2.24) is 10.2 Å². The third-order valence-electron chi connectivity index (χ3n) is 4.95. The van der Waals surface area contributed by atoms with E-state index in [1.165, 1.54) is 0 Å². The van der Waals surface area contributed by atoms with Gasteiger partial charge in [0.1, 0.15) is 0 Å². The SMILES string of the molecule is CC(C)(C)NC(=O)N(Cc1ccccc1Cl)CC1CC(c2ccc3c(c2)OCO3)=NO1. The fourth-order valence-electron chi connectivity index (χ4n) is 3.47. The number of nitrogens with one attached hydrogen (secondary N) is 1. The molecule has 0 fully saturated rings. The molecule has 7 nitrogen and oxygen atoms in total. The van der Waals surface area contributed by atoms with Gasteiger partial charge in [-0.1, -0.05) is 35.0 Å². The van der Waals surface area contributed by atoms with Gasteiger partial charge in [0.2, 0.25) is 6.79 Å². The van der Waals surface area contributed by atoms with Crippen LogP contribution >= 0.6 is 11.6 Å². The molecule has 1 unspecified atom stereocenters. The molecule has 4 rings (SSSR count). The summed E-state index contributed by atoms with van der Waals surface area (Å²) in [5.74, 6) is 1.43. The summed E-state index contributed by atoms with van der Waals surface area (Å²) in [6.07, 6.45) is 0.329. The number of ether oxygens (including phenoxy) is 2. The van der Waals surface area contributed by atoms with Gasteiger partial charge in [-0.3, -0.25) is 0 Å². The maximum atomic E-state index is 13.0. The maximum absolute atomic E-state index is 13.0. The molecule has 1 atom stereocenters. The van der Waals surface area contributed by atoms with Crippen molar-refractivity contribution in [2.45, 2.75) is 45.4 Å². The van der Waals surface area contributed by atoms with Crippen molar-refractivity contribution in [3.8, 4) is 11.5 Å². The van der Waals surface area contributed by atoms with Crippen LogP contribution in [0.25, 0.3) is 0 Å². The second kappa shape index (κ2) is 8.67. The van der Waals surface area contributed by atoms with E-state index in [0.29, 0.717) is 30.3 Å². The predicted octanol–water partition coefficient (Wildman–Crippen LogP) is 4.57. The van der Waals surface area contributed by atoms with E-state index in [2.05, 4.69) is 10.5 Å². The largest absolute Gasteiger partial charge is 0.454 e. The normalized spacial score (nSPS) is 17.2. The zero-order chi connectivity index (χ0) is 22.0. The smallest absolute Gasteiger partial charge is 0.318 e. The summed E-state index contributed by atoms with van der Waals surface area (Å²) >= 11 is 6.34. The first-order chi connectivity index (χ1) is 14.8. The van der Waals surface area contributed by atoms with Crippen molar-refractivity contribution in [2.75, 3.05) is 13.3 Å². The summed E-state index contributed by atoms with van der Waals surface area (Å²) in [5, 5.41) is 7.91. The van der Waals surface area contributed by atoms with Crippen LogP contribution in [0.15, 0.2) is 47.6 Å². The van der Waals surface area contributed by atoms with Crippen molar-refractivity contribution in [1.29, 1.82) is 0 Å². The summed E-state index contributed by atoms with van der Waals surface area (Å²) in [6, 6.07) is 13.1. The van der Waals surface area contributed by atoms with E-state index in [-0.39, 0.29) is 24.5 Å². The molecule has 31 heavy (non-hydrogen) atoms. The minimum absolute atomic E-state index is 0.174. The van der Waals surface area contributed by atoms with Gasteiger partial charge in [0, 0.05) is 29.1 Å². The minimum atomic E-state index is -0.361. The molecule has 1 N–H and O–H groups in total. The topological polar surface area (TPSA) is 72.4 Å². The van der Waals surface area contributed by atoms with Crippen LogP contribution in [-0.4, -0.2) is 41.6 Å². The molecule has 0 saturated carbocycles. The quantitative estimate of drug-likeness (QED) is 0.734. The number of nitrogens with zero attached hydrogens (tertiary/aromatic N) is 2. The Hall–Kier alpha value is -2.93. The van der Waals surface area contributed by atoms with Crippen LogP contribution in [-0.2, 0) is 11.4 Å². The van der Waals surface area contributed by atoms with Crippen molar-refractivity contribution < 1.29 is 19.1 Å². The molecule has 2 amide bonds. The number of fused-ring (bicyclic) bond motifs is 1. The molecule has 2 heterocycles. The van der Waals surface area contributed by atoms with Crippen molar-refractivity contribution in [2.24, 2.45) is 5.16 Å². The minimum Gasteiger partial charge on any atom is -0.454 e. The molecule has 0 bridgehead atoms. The molecule has 2 aromatic rings. The number of rotatable bonds is 5. The lowest BCUT2D eigenvalue weighted by atomic mass is 10.0. The highest BCUT2D eigenvalue weighted by Crippen LogP contribution is 2.33. The number of oxime groups is 1. The van der Waals surface area contributed by atoms with Crippen LogP contribution in [0.5, 0.6) is 11.5 Å². The lowest BCUT2D eigenvalue weighted by molar-refractivity contribution is 0.0580. The van der Waals surface area contributed by atoms with Gasteiger partial charge in [-0.25, -0.2) is 4.79 Å². The molecule has 2 aromatic carbocycles. The van der Waals surface area contributed by atoms with Crippen molar-refractivity contribution in [3.05, 3.63) is 58.6 Å². The average Bonchev–Trinajstić information content (AvgIpc) is 3.36. The van der Waals surface area contributed by atoms with E-state index in [4.69, 9.17) is 25.9 Å². The van der Waals surface area contributed by atoms with Gasteiger partial charge in [-0.05, 0) is 50.6 Å². The Labute approximate surface area is 186 Å². The number of urea groups is 1. The Morgan fingerprint density at radius 3 is 2.74 bits per heavy atom. The van der Waals surface area contributed by atoms with E-state index < -0.39 is 0 Å². The molecule has 164 valence electrons. The number of carbonyl (C=O) groups is 1. The Balaban J connectivity index is 1.45. The zero-order valence-corrected chi connectivity index (χ0v) is 18.6. The molecule has 2 aliphatic rings. The van der Waals surface area contributed by atoms with Crippen LogP contribution < -0.4 is 14.8 Å². The average molecular weight is 444 g/mol. The fraction of sp³-hybridized carbons (Fsp3) is 0.391. The highest BCUT2D eigenvalue weighted by Gasteiger charge is 2.29.